The fourth-order valence-electron chi connectivity index (χ4n) is 6.20. The maximum absolute atomic E-state index is 13.7. The summed E-state index contributed by atoms with van der Waals surface area (Å²) in [5, 5.41) is 15.0. The summed E-state index contributed by atoms with van der Waals surface area (Å²) in [5.41, 5.74) is 1.83. The van der Waals surface area contributed by atoms with Crippen LogP contribution >= 0.6 is 11.3 Å². The van der Waals surface area contributed by atoms with Crippen molar-refractivity contribution in [1.82, 2.24) is 9.55 Å². The molecule has 0 aliphatic rings. The lowest BCUT2D eigenvalue weighted by Gasteiger charge is -2.14. The second-order valence-corrected chi connectivity index (χ2v) is 13.6. The van der Waals surface area contributed by atoms with Crippen molar-refractivity contribution in [2.45, 2.75) is 130 Å². The largest absolute Gasteiger partial charge is 0.506 e. The molecule has 2 N–H and O–H groups in total. The molecule has 0 aliphatic carbocycles. The van der Waals surface area contributed by atoms with Crippen LogP contribution in [0.25, 0.3) is 22.2 Å². The molecule has 0 saturated carbocycles. The van der Waals surface area contributed by atoms with Crippen LogP contribution in [0.15, 0.2) is 59.4 Å². The zero-order chi connectivity index (χ0) is 32.6. The number of para-hydroxylation sites is 1. The molecule has 0 aliphatic heterocycles. The van der Waals surface area contributed by atoms with Gasteiger partial charge in [-0.3, -0.25) is 14.9 Å². The molecule has 0 radical (unpaired) electrons. The lowest BCUT2D eigenvalue weighted by atomic mass is 10.0. The number of amides is 1. The fraction of sp³-hybridized carbons (Fsp3) is 0.513. The first-order valence-corrected chi connectivity index (χ1v) is 18.6. The molecule has 7 heteroatoms. The first kappa shape index (κ1) is 35.4. The Morgan fingerprint density at radius 2 is 1.33 bits per heavy atom. The monoisotopic (exact) mass is 643 g/mol. The highest BCUT2D eigenvalue weighted by atomic mass is 32.1. The second kappa shape index (κ2) is 19.3. The number of hydrogen-bond acceptors (Lipinski definition) is 5. The van der Waals surface area contributed by atoms with Crippen LogP contribution in [0.3, 0.4) is 0 Å². The highest BCUT2D eigenvalue weighted by molar-refractivity contribution is 7.16. The van der Waals surface area contributed by atoms with E-state index >= 15 is 0 Å². The molecule has 4 aromatic rings. The van der Waals surface area contributed by atoms with Crippen molar-refractivity contribution in [3.05, 3.63) is 75.4 Å². The lowest BCUT2D eigenvalue weighted by Crippen LogP contribution is -2.30. The van der Waals surface area contributed by atoms with Gasteiger partial charge in [0.15, 0.2) is 5.13 Å². The summed E-state index contributed by atoms with van der Waals surface area (Å²) in [7, 11) is 0. The molecule has 0 bridgehead atoms. The molecule has 6 nitrogen and oxygen atoms in total. The van der Waals surface area contributed by atoms with E-state index in [1.54, 1.807) is 10.6 Å². The molecule has 1 amide bonds. The van der Waals surface area contributed by atoms with Gasteiger partial charge in [0.2, 0.25) is 0 Å². The Labute approximate surface area is 279 Å². The van der Waals surface area contributed by atoms with Crippen LogP contribution in [-0.2, 0) is 13.0 Å². The zero-order valence-electron chi connectivity index (χ0n) is 28.0. The smallest absolute Gasteiger partial charge is 0.267 e. The molecule has 46 heavy (non-hydrogen) atoms. The van der Waals surface area contributed by atoms with Gasteiger partial charge >= 0.3 is 0 Å². The summed E-state index contributed by atoms with van der Waals surface area (Å²) in [6, 6.07) is 17.3. The van der Waals surface area contributed by atoms with Crippen molar-refractivity contribution in [3.8, 4) is 17.0 Å². The Hall–Kier alpha value is -3.45. The topological polar surface area (TPSA) is 84.2 Å². The molecular weight excluding hydrogens is 591 g/mol. The normalized spacial score (nSPS) is 11.3. The first-order chi connectivity index (χ1) is 22.5. The van der Waals surface area contributed by atoms with Gasteiger partial charge in [-0.25, -0.2) is 4.98 Å². The van der Waals surface area contributed by atoms with Crippen LogP contribution in [0.5, 0.6) is 5.75 Å². The Bertz CT molecular complexity index is 1560. The number of pyridine rings is 1. The minimum atomic E-state index is -0.624. The summed E-state index contributed by atoms with van der Waals surface area (Å²) >= 11 is 1.47. The highest BCUT2D eigenvalue weighted by Crippen LogP contribution is 2.34. The molecule has 2 aromatic carbocycles. The molecular formula is C39H53N3O3S. The lowest BCUT2D eigenvalue weighted by molar-refractivity contribution is 0.102. The Morgan fingerprint density at radius 1 is 0.761 bits per heavy atom. The van der Waals surface area contributed by atoms with Crippen LogP contribution in [-0.4, -0.2) is 20.6 Å². The predicted octanol–water partition coefficient (Wildman–Crippen LogP) is 10.9. The van der Waals surface area contributed by atoms with Crippen molar-refractivity contribution in [1.29, 1.82) is 0 Å². The number of nitrogens with zero attached hydrogens (tertiary/aromatic N) is 2. The van der Waals surface area contributed by atoms with E-state index in [9.17, 15) is 14.7 Å². The van der Waals surface area contributed by atoms with Crippen molar-refractivity contribution in [3.63, 3.8) is 0 Å². The van der Waals surface area contributed by atoms with E-state index in [-0.39, 0.29) is 11.3 Å². The third-order valence-corrected chi connectivity index (χ3v) is 9.86. The summed E-state index contributed by atoms with van der Waals surface area (Å²) < 4.78 is 1.63. The number of rotatable bonds is 21. The molecule has 0 saturated heterocycles. The van der Waals surface area contributed by atoms with Crippen LogP contribution < -0.4 is 10.9 Å². The van der Waals surface area contributed by atoms with Crippen molar-refractivity contribution < 1.29 is 9.90 Å². The predicted molar refractivity (Wildman–Crippen MR) is 194 cm³/mol. The van der Waals surface area contributed by atoms with E-state index in [0.29, 0.717) is 22.6 Å². The van der Waals surface area contributed by atoms with Gasteiger partial charge in [0.25, 0.3) is 11.5 Å². The van der Waals surface area contributed by atoms with E-state index in [1.165, 1.54) is 82.0 Å². The molecule has 0 fully saturated rings. The van der Waals surface area contributed by atoms with E-state index in [4.69, 9.17) is 4.98 Å². The van der Waals surface area contributed by atoms with Gasteiger partial charge in [-0.2, -0.15) is 0 Å². The third kappa shape index (κ3) is 10.0. The SMILES string of the molecule is CCCCCCCCCCCCCCc1sc(NC(=O)c2c(O)c3ccccc3n(CCCCCC)c2=O)nc1-c1ccccc1. The maximum Gasteiger partial charge on any atom is 0.267 e. The molecule has 0 unspecified atom stereocenters. The highest BCUT2D eigenvalue weighted by Gasteiger charge is 2.24. The summed E-state index contributed by atoms with van der Waals surface area (Å²) in [5.74, 6) is -0.902. The van der Waals surface area contributed by atoms with Crippen molar-refractivity contribution in [2.24, 2.45) is 0 Å². The summed E-state index contributed by atoms with van der Waals surface area (Å²) in [6.45, 7) is 4.91. The van der Waals surface area contributed by atoms with Crippen LogP contribution in [0, 0.1) is 0 Å². The van der Waals surface area contributed by atoms with Crippen molar-refractivity contribution >= 4 is 33.3 Å². The van der Waals surface area contributed by atoms with Gasteiger partial charge in [0.05, 0.1) is 11.2 Å². The molecule has 2 heterocycles. The molecule has 0 spiro atoms. The number of aromatic hydroxyl groups is 1. The molecule has 4 rings (SSSR count). The molecule has 248 valence electrons. The number of carbonyl (C=O) groups excluding carboxylic acids is 1. The van der Waals surface area contributed by atoms with Crippen LogP contribution in [0.4, 0.5) is 5.13 Å². The minimum absolute atomic E-state index is 0.229. The number of aryl methyl sites for hydroxylation is 2. The Kier molecular flexibility index (Phi) is 14.8. The number of fused-ring (bicyclic) bond motifs is 1. The minimum Gasteiger partial charge on any atom is -0.506 e. The van der Waals surface area contributed by atoms with E-state index < -0.39 is 11.5 Å². The number of thiazole rings is 1. The number of hydrogen-bond donors (Lipinski definition) is 2. The summed E-state index contributed by atoms with van der Waals surface area (Å²) in [4.78, 5) is 33.3. The number of unbranched alkanes of at least 4 members (excludes halogenated alkanes) is 14. The summed E-state index contributed by atoms with van der Waals surface area (Å²) in [6.07, 6.45) is 20.5. The van der Waals surface area contributed by atoms with E-state index in [1.807, 2.05) is 48.5 Å². The van der Waals surface area contributed by atoms with Crippen molar-refractivity contribution in [2.75, 3.05) is 5.32 Å². The number of carbonyl (C=O) groups is 1. The standard InChI is InChI=1S/C39H53N3O3S/c1-3-5-7-9-10-11-12-13-14-15-16-20-28-33-35(30-24-18-17-19-25-30)40-39(46-33)41-37(44)34-36(43)31-26-21-22-27-32(31)42(38(34)45)29-23-8-6-4-2/h17-19,21-22,24-27,43H,3-16,20,23,28-29H2,1-2H3,(H,40,41,44). The average molecular weight is 644 g/mol. The van der Waals surface area contributed by atoms with Gasteiger partial charge in [0, 0.05) is 22.4 Å². The van der Waals surface area contributed by atoms with E-state index in [2.05, 4.69) is 19.2 Å². The number of nitrogens with one attached hydrogen (secondary N) is 1. The Balaban J connectivity index is 1.42. The molecule has 0 atom stereocenters. The zero-order valence-corrected chi connectivity index (χ0v) is 28.8. The fourth-order valence-corrected chi connectivity index (χ4v) is 7.22. The van der Waals surface area contributed by atoms with E-state index in [0.717, 1.165) is 54.7 Å². The second-order valence-electron chi connectivity index (χ2n) is 12.5. The molecule has 2 aromatic heterocycles. The van der Waals surface area contributed by atoms with Gasteiger partial charge < -0.3 is 9.67 Å². The van der Waals surface area contributed by atoms with Crippen LogP contribution in [0.1, 0.15) is 132 Å². The number of aromatic nitrogens is 2. The quantitative estimate of drug-likeness (QED) is 0.0885. The number of anilines is 1. The van der Waals surface area contributed by atoms with Gasteiger partial charge in [-0.15, -0.1) is 11.3 Å². The van der Waals surface area contributed by atoms with Gasteiger partial charge in [-0.1, -0.05) is 146 Å². The van der Waals surface area contributed by atoms with Gasteiger partial charge in [-0.05, 0) is 31.4 Å². The Morgan fingerprint density at radius 3 is 1.98 bits per heavy atom. The van der Waals surface area contributed by atoms with Crippen LogP contribution in [0.2, 0.25) is 0 Å². The number of benzene rings is 2. The third-order valence-electron chi connectivity index (χ3n) is 8.83. The average Bonchev–Trinajstić information content (AvgIpc) is 3.47. The first-order valence-electron chi connectivity index (χ1n) is 17.8. The van der Waals surface area contributed by atoms with Gasteiger partial charge in [0.1, 0.15) is 11.3 Å². The maximum atomic E-state index is 13.7.